The molecule has 2 fully saturated rings. The van der Waals surface area contributed by atoms with Crippen molar-refractivity contribution in [2.24, 2.45) is 0 Å². The van der Waals surface area contributed by atoms with Gasteiger partial charge in [-0.25, -0.2) is 4.79 Å². The van der Waals surface area contributed by atoms with E-state index in [0.29, 0.717) is 31.2 Å². The Balaban J connectivity index is 1.58. The molecule has 132 valence electrons. The number of carbonyl (C=O) groups excluding carboxylic acids is 2. The van der Waals surface area contributed by atoms with Gasteiger partial charge < -0.3 is 14.2 Å². The largest absolute Gasteiger partial charge is 0.447 e. The molecule has 2 amide bonds. The zero-order valence-electron chi connectivity index (χ0n) is 14.4. The molecule has 24 heavy (non-hydrogen) atoms. The number of hydrogen-bond donors (Lipinski definition) is 0. The molecule has 1 unspecified atom stereocenters. The highest BCUT2D eigenvalue weighted by Gasteiger charge is 2.39. The molecule has 1 aromatic rings. The zero-order valence-corrected chi connectivity index (χ0v) is 14.4. The number of piperidine rings is 1. The van der Waals surface area contributed by atoms with Gasteiger partial charge in [-0.1, -0.05) is 24.9 Å². The number of likely N-dealkylation sites (tertiary alicyclic amines) is 1. The van der Waals surface area contributed by atoms with Crippen LogP contribution in [0.1, 0.15) is 55.3 Å². The predicted molar refractivity (Wildman–Crippen MR) is 86.7 cm³/mol. The lowest BCUT2D eigenvalue weighted by Crippen LogP contribution is -2.49. The van der Waals surface area contributed by atoms with Crippen LogP contribution in [0.15, 0.2) is 10.6 Å². The number of aryl methyl sites for hydroxylation is 1. The van der Waals surface area contributed by atoms with Gasteiger partial charge in [0.2, 0.25) is 0 Å². The van der Waals surface area contributed by atoms with Gasteiger partial charge in [0.25, 0.3) is 5.91 Å². The molecule has 2 aliphatic rings. The van der Waals surface area contributed by atoms with Gasteiger partial charge in [-0.15, -0.1) is 0 Å². The fraction of sp³-hybridized carbons (Fsp3) is 0.706. The second-order valence-electron chi connectivity index (χ2n) is 6.63. The van der Waals surface area contributed by atoms with E-state index < -0.39 is 0 Å². The second-order valence-corrected chi connectivity index (χ2v) is 6.63. The van der Waals surface area contributed by atoms with E-state index in [1.165, 1.54) is 0 Å². The quantitative estimate of drug-likeness (QED) is 0.827. The molecule has 0 aliphatic carbocycles. The van der Waals surface area contributed by atoms with Crippen LogP contribution in [0.25, 0.3) is 0 Å². The maximum atomic E-state index is 12.4. The first-order valence-electron chi connectivity index (χ1n) is 8.77. The molecule has 1 aromatic heterocycles. The molecule has 2 aliphatic heterocycles. The maximum Gasteiger partial charge on any atom is 0.410 e. The molecule has 0 radical (unpaired) electrons. The molecule has 7 heteroatoms. The third-order valence-corrected chi connectivity index (χ3v) is 4.89. The highest BCUT2D eigenvalue weighted by Crippen LogP contribution is 2.27. The lowest BCUT2D eigenvalue weighted by molar-refractivity contribution is 0.0624. The maximum absolute atomic E-state index is 12.4. The Morgan fingerprint density at radius 3 is 2.75 bits per heavy atom. The van der Waals surface area contributed by atoms with Crippen molar-refractivity contribution in [3.05, 3.63) is 17.5 Å². The molecule has 7 nitrogen and oxygen atoms in total. The van der Waals surface area contributed by atoms with Gasteiger partial charge in [-0.2, -0.15) is 0 Å². The van der Waals surface area contributed by atoms with Crippen LogP contribution < -0.4 is 0 Å². The summed E-state index contributed by atoms with van der Waals surface area (Å²) in [7, 11) is 0. The van der Waals surface area contributed by atoms with E-state index in [-0.39, 0.29) is 24.1 Å². The fourth-order valence-corrected chi connectivity index (χ4v) is 3.56. The molecule has 0 aromatic carbocycles. The second kappa shape index (κ2) is 7.23. The van der Waals surface area contributed by atoms with E-state index >= 15 is 0 Å². The van der Waals surface area contributed by atoms with E-state index in [0.717, 1.165) is 32.1 Å². The van der Waals surface area contributed by atoms with Gasteiger partial charge in [0.1, 0.15) is 12.4 Å². The van der Waals surface area contributed by atoms with Gasteiger partial charge in [0.15, 0.2) is 5.69 Å². The molecule has 3 heterocycles. The minimum absolute atomic E-state index is 0.100. The van der Waals surface area contributed by atoms with E-state index in [9.17, 15) is 9.59 Å². The van der Waals surface area contributed by atoms with Crippen LogP contribution in [0.3, 0.4) is 0 Å². The lowest BCUT2D eigenvalue weighted by atomic mass is 10.00. The van der Waals surface area contributed by atoms with Gasteiger partial charge >= 0.3 is 6.09 Å². The van der Waals surface area contributed by atoms with Crippen LogP contribution >= 0.6 is 0 Å². The Bertz CT molecular complexity index is 592. The van der Waals surface area contributed by atoms with Gasteiger partial charge in [-0.3, -0.25) is 9.69 Å². The van der Waals surface area contributed by atoms with Crippen molar-refractivity contribution in [3.63, 3.8) is 0 Å². The highest BCUT2D eigenvalue weighted by molar-refractivity contribution is 5.92. The number of rotatable bonds is 5. The van der Waals surface area contributed by atoms with Crippen molar-refractivity contribution in [1.82, 2.24) is 15.0 Å². The zero-order chi connectivity index (χ0) is 17.1. The van der Waals surface area contributed by atoms with Gasteiger partial charge in [0.05, 0.1) is 6.04 Å². The van der Waals surface area contributed by atoms with Crippen LogP contribution in [0.2, 0.25) is 0 Å². The fourth-order valence-electron chi connectivity index (χ4n) is 3.56. The smallest absolute Gasteiger partial charge is 0.410 e. The number of nitrogens with zero attached hydrogens (tertiary/aromatic N) is 3. The van der Waals surface area contributed by atoms with Crippen LogP contribution in [0, 0.1) is 6.92 Å². The molecular weight excluding hydrogens is 310 g/mol. The minimum Gasteiger partial charge on any atom is -0.447 e. The van der Waals surface area contributed by atoms with Crippen LogP contribution in [-0.4, -0.2) is 58.7 Å². The average Bonchev–Trinajstić information content (AvgIpc) is 3.18. The summed E-state index contributed by atoms with van der Waals surface area (Å²) in [6.07, 6.45) is 4.55. The summed E-state index contributed by atoms with van der Waals surface area (Å²) < 4.78 is 10.2. The third-order valence-electron chi connectivity index (χ3n) is 4.89. The summed E-state index contributed by atoms with van der Waals surface area (Å²) in [6, 6.07) is 2.00. The van der Waals surface area contributed by atoms with E-state index in [1.54, 1.807) is 17.9 Å². The highest BCUT2D eigenvalue weighted by atomic mass is 16.6. The first kappa shape index (κ1) is 16.8. The Labute approximate surface area is 141 Å². The molecule has 0 spiro atoms. The number of ether oxygens (including phenoxy) is 1. The number of unbranched alkanes of at least 4 members (excludes halogenated alkanes) is 1. The Morgan fingerprint density at radius 1 is 1.38 bits per heavy atom. The summed E-state index contributed by atoms with van der Waals surface area (Å²) in [5.41, 5.74) is 0.354. The molecule has 1 atom stereocenters. The number of amides is 2. The number of aromatic nitrogens is 1. The summed E-state index contributed by atoms with van der Waals surface area (Å²) >= 11 is 0. The molecular formula is C17H25N3O4. The van der Waals surface area contributed by atoms with Crippen LogP contribution in [0.5, 0.6) is 0 Å². The van der Waals surface area contributed by atoms with Crippen molar-refractivity contribution in [1.29, 1.82) is 0 Å². The lowest BCUT2D eigenvalue weighted by Gasteiger charge is -2.37. The van der Waals surface area contributed by atoms with E-state index in [2.05, 4.69) is 12.1 Å². The number of hydrogen-bond acceptors (Lipinski definition) is 5. The van der Waals surface area contributed by atoms with Crippen molar-refractivity contribution < 1.29 is 18.8 Å². The van der Waals surface area contributed by atoms with Crippen molar-refractivity contribution in [2.45, 2.75) is 58.0 Å². The van der Waals surface area contributed by atoms with Crippen molar-refractivity contribution >= 4 is 12.0 Å². The summed E-state index contributed by atoms with van der Waals surface area (Å²) in [6.45, 7) is 5.67. The van der Waals surface area contributed by atoms with E-state index in [4.69, 9.17) is 9.26 Å². The standard InChI is InChI=1S/C17H25N3O4/c1-3-4-5-14-11-23-17(22)20(14)13-6-8-19(9-7-13)16(21)15-10-12(2)24-18-15/h10,13-14H,3-9,11H2,1-2H3. The van der Waals surface area contributed by atoms with Crippen LogP contribution in [-0.2, 0) is 4.74 Å². The SMILES string of the molecule is CCCCC1COC(=O)N1C1CCN(C(=O)c2cc(C)on2)CC1. The molecule has 0 bridgehead atoms. The normalized spacial score (nSPS) is 22.1. The number of cyclic esters (lactones) is 1. The van der Waals surface area contributed by atoms with Crippen molar-refractivity contribution in [3.8, 4) is 0 Å². The Morgan fingerprint density at radius 2 is 2.12 bits per heavy atom. The Kier molecular flexibility index (Phi) is 5.06. The topological polar surface area (TPSA) is 75.9 Å². The minimum atomic E-state index is -0.201. The molecule has 3 rings (SSSR count). The number of carbonyl (C=O) groups is 2. The molecule has 0 saturated carbocycles. The molecule has 2 saturated heterocycles. The van der Waals surface area contributed by atoms with Gasteiger partial charge in [0, 0.05) is 25.2 Å². The summed E-state index contributed by atoms with van der Waals surface area (Å²) in [4.78, 5) is 28.2. The van der Waals surface area contributed by atoms with E-state index in [1.807, 2.05) is 4.90 Å². The monoisotopic (exact) mass is 335 g/mol. The molecule has 0 N–H and O–H groups in total. The predicted octanol–water partition coefficient (Wildman–Crippen LogP) is 2.60. The third kappa shape index (κ3) is 3.39. The summed E-state index contributed by atoms with van der Waals surface area (Å²) in [5.74, 6) is 0.531. The first-order valence-corrected chi connectivity index (χ1v) is 8.77. The Hall–Kier alpha value is -2.05. The van der Waals surface area contributed by atoms with Crippen LogP contribution in [0.4, 0.5) is 4.79 Å². The average molecular weight is 335 g/mol. The van der Waals surface area contributed by atoms with Crippen molar-refractivity contribution in [2.75, 3.05) is 19.7 Å². The summed E-state index contributed by atoms with van der Waals surface area (Å²) in [5, 5.41) is 3.79. The first-order chi connectivity index (χ1) is 11.6. The van der Waals surface area contributed by atoms with Gasteiger partial charge in [-0.05, 0) is 26.2 Å².